The number of carbonyl (C=O) groups is 1. The quantitative estimate of drug-likeness (QED) is 0.559. The first kappa shape index (κ1) is 17.3. The summed E-state index contributed by atoms with van der Waals surface area (Å²) in [6.45, 7) is 2.51. The van der Waals surface area contributed by atoms with E-state index in [9.17, 15) is 4.79 Å². The smallest absolute Gasteiger partial charge is 0.305 e. The molecule has 0 saturated heterocycles. The molecule has 1 unspecified atom stereocenters. The summed E-state index contributed by atoms with van der Waals surface area (Å²) in [4.78, 5) is 11.0. The fraction of sp³-hybridized carbons (Fsp3) is 0.562. The molecule has 0 aliphatic rings. The largest absolute Gasteiger partial charge is 0.493 e. The zero-order chi connectivity index (χ0) is 15.7. The first-order chi connectivity index (χ1) is 10.1. The molecule has 1 atom stereocenters. The molecular weight excluding hydrogens is 270 g/mol. The van der Waals surface area contributed by atoms with Crippen LogP contribution >= 0.6 is 0 Å². The fourth-order valence-corrected chi connectivity index (χ4v) is 1.91. The number of ether oxygens (including phenoxy) is 3. The van der Waals surface area contributed by atoms with Crippen LogP contribution in [0.2, 0.25) is 0 Å². The van der Waals surface area contributed by atoms with Crippen molar-refractivity contribution in [2.75, 3.05) is 20.8 Å². The summed E-state index contributed by atoms with van der Waals surface area (Å²) in [6, 6.07) is 5.98. The predicted molar refractivity (Wildman–Crippen MR) is 81.7 cm³/mol. The molecule has 0 radical (unpaired) electrons. The van der Waals surface area contributed by atoms with Crippen molar-refractivity contribution < 1.29 is 19.0 Å². The fourth-order valence-electron chi connectivity index (χ4n) is 1.91. The van der Waals surface area contributed by atoms with Crippen molar-refractivity contribution in [1.82, 2.24) is 0 Å². The Morgan fingerprint density at radius 1 is 1.29 bits per heavy atom. The number of benzene rings is 1. The molecule has 118 valence electrons. The molecule has 21 heavy (non-hydrogen) atoms. The van der Waals surface area contributed by atoms with Gasteiger partial charge >= 0.3 is 5.97 Å². The maximum atomic E-state index is 11.0. The van der Waals surface area contributed by atoms with Crippen molar-refractivity contribution in [2.24, 2.45) is 5.73 Å². The van der Waals surface area contributed by atoms with E-state index in [1.165, 1.54) is 7.11 Å². The Kier molecular flexibility index (Phi) is 7.61. The Bertz CT molecular complexity index is 448. The highest BCUT2D eigenvalue weighted by Crippen LogP contribution is 2.28. The van der Waals surface area contributed by atoms with E-state index >= 15 is 0 Å². The molecule has 5 heteroatoms. The molecule has 0 aliphatic carbocycles. The van der Waals surface area contributed by atoms with Crippen LogP contribution in [0.1, 0.15) is 31.7 Å². The number of methoxy groups -OCH3 is 2. The molecule has 2 N–H and O–H groups in total. The normalized spacial score (nSPS) is 11.8. The molecule has 1 aromatic rings. The molecule has 0 fully saturated rings. The summed E-state index contributed by atoms with van der Waals surface area (Å²) in [6.07, 6.45) is 2.71. The van der Waals surface area contributed by atoms with E-state index in [0.717, 1.165) is 18.4 Å². The molecule has 1 aromatic carbocycles. The molecule has 0 heterocycles. The van der Waals surface area contributed by atoms with E-state index in [-0.39, 0.29) is 12.0 Å². The van der Waals surface area contributed by atoms with Crippen LogP contribution in [0.3, 0.4) is 0 Å². The van der Waals surface area contributed by atoms with Gasteiger partial charge in [-0.3, -0.25) is 4.79 Å². The summed E-state index contributed by atoms with van der Waals surface area (Å²) in [5, 5.41) is 0. The van der Waals surface area contributed by atoms with Gasteiger partial charge in [0.1, 0.15) is 0 Å². The highest BCUT2D eigenvalue weighted by Gasteiger charge is 2.08. The topological polar surface area (TPSA) is 70.8 Å². The first-order valence-electron chi connectivity index (χ1n) is 7.22. The zero-order valence-corrected chi connectivity index (χ0v) is 13.1. The van der Waals surface area contributed by atoms with Crippen LogP contribution in [-0.2, 0) is 16.0 Å². The second-order valence-corrected chi connectivity index (χ2v) is 4.89. The summed E-state index contributed by atoms with van der Waals surface area (Å²) in [7, 11) is 2.99. The molecule has 0 aromatic heterocycles. The lowest BCUT2D eigenvalue weighted by Gasteiger charge is -2.14. The van der Waals surface area contributed by atoms with Crippen LogP contribution < -0.4 is 15.2 Å². The van der Waals surface area contributed by atoms with E-state index in [4.69, 9.17) is 15.2 Å². The molecule has 0 saturated carbocycles. The van der Waals surface area contributed by atoms with Crippen molar-refractivity contribution >= 4 is 5.97 Å². The number of hydrogen-bond acceptors (Lipinski definition) is 5. The summed E-state index contributed by atoms with van der Waals surface area (Å²) >= 11 is 0. The minimum Gasteiger partial charge on any atom is -0.493 e. The average Bonchev–Trinajstić information content (AvgIpc) is 2.51. The van der Waals surface area contributed by atoms with Crippen molar-refractivity contribution in [2.45, 2.75) is 38.6 Å². The van der Waals surface area contributed by atoms with Crippen LogP contribution in [0.25, 0.3) is 0 Å². The van der Waals surface area contributed by atoms with Crippen molar-refractivity contribution in [3.63, 3.8) is 0 Å². The van der Waals surface area contributed by atoms with Gasteiger partial charge in [0.25, 0.3) is 0 Å². The van der Waals surface area contributed by atoms with E-state index < -0.39 is 0 Å². The monoisotopic (exact) mass is 295 g/mol. The lowest BCUT2D eigenvalue weighted by molar-refractivity contribution is -0.140. The zero-order valence-electron chi connectivity index (χ0n) is 13.1. The molecule has 0 spiro atoms. The van der Waals surface area contributed by atoms with Crippen LogP contribution in [0.15, 0.2) is 18.2 Å². The van der Waals surface area contributed by atoms with Gasteiger partial charge in [-0.05, 0) is 37.0 Å². The van der Waals surface area contributed by atoms with Gasteiger partial charge < -0.3 is 19.9 Å². The third kappa shape index (κ3) is 6.04. The molecule has 0 amide bonds. The predicted octanol–water partition coefficient (Wildman–Crippen LogP) is 2.31. The molecule has 5 nitrogen and oxygen atoms in total. The Morgan fingerprint density at radius 2 is 2.05 bits per heavy atom. The molecular formula is C16H25NO4. The van der Waals surface area contributed by atoms with Crippen molar-refractivity contribution in [3.8, 4) is 11.5 Å². The Hall–Kier alpha value is -1.75. The maximum absolute atomic E-state index is 11.0. The number of nitrogens with two attached hydrogens (primary N) is 1. The van der Waals surface area contributed by atoms with Crippen LogP contribution in [0.5, 0.6) is 11.5 Å². The number of rotatable bonds is 9. The minimum atomic E-state index is -0.227. The summed E-state index contributed by atoms with van der Waals surface area (Å²) in [5.41, 5.74) is 7.09. The third-order valence-corrected chi connectivity index (χ3v) is 3.26. The maximum Gasteiger partial charge on any atom is 0.305 e. The van der Waals surface area contributed by atoms with Gasteiger partial charge in [-0.15, -0.1) is 0 Å². The Balaban J connectivity index is 2.56. The lowest BCUT2D eigenvalue weighted by atomic mass is 10.0. The second kappa shape index (κ2) is 9.23. The van der Waals surface area contributed by atoms with Crippen molar-refractivity contribution in [1.29, 1.82) is 0 Å². The molecule has 0 bridgehead atoms. The van der Waals surface area contributed by atoms with E-state index in [1.54, 1.807) is 7.11 Å². The molecule has 1 rings (SSSR count). The standard InChI is InChI=1S/C16H25NO4/c1-4-13(17)10-12-7-8-14(15(11-12)19-2)21-9-5-6-16(18)20-3/h7-8,11,13H,4-6,9-10,17H2,1-3H3. The van der Waals surface area contributed by atoms with E-state index in [2.05, 4.69) is 11.7 Å². The van der Waals surface area contributed by atoms with Crippen LogP contribution in [0.4, 0.5) is 0 Å². The highest BCUT2D eigenvalue weighted by molar-refractivity contribution is 5.69. The second-order valence-electron chi connectivity index (χ2n) is 4.89. The summed E-state index contributed by atoms with van der Waals surface area (Å²) < 4.78 is 15.6. The van der Waals surface area contributed by atoms with Gasteiger partial charge in [0.15, 0.2) is 11.5 Å². The van der Waals surface area contributed by atoms with Gasteiger partial charge in [-0.2, -0.15) is 0 Å². The van der Waals surface area contributed by atoms with Gasteiger partial charge in [-0.25, -0.2) is 0 Å². The van der Waals surface area contributed by atoms with E-state index in [0.29, 0.717) is 30.9 Å². The van der Waals surface area contributed by atoms with E-state index in [1.807, 2.05) is 18.2 Å². The highest BCUT2D eigenvalue weighted by atomic mass is 16.5. The van der Waals surface area contributed by atoms with Crippen molar-refractivity contribution in [3.05, 3.63) is 23.8 Å². The van der Waals surface area contributed by atoms with Crippen LogP contribution in [0, 0.1) is 0 Å². The molecule has 0 aliphatic heterocycles. The SMILES string of the molecule is CCC(N)Cc1ccc(OCCCC(=O)OC)c(OC)c1. The lowest BCUT2D eigenvalue weighted by Crippen LogP contribution is -2.21. The van der Waals surface area contributed by atoms with Crippen LogP contribution in [-0.4, -0.2) is 32.8 Å². The first-order valence-corrected chi connectivity index (χ1v) is 7.22. The Labute approximate surface area is 126 Å². The third-order valence-electron chi connectivity index (χ3n) is 3.26. The number of hydrogen-bond donors (Lipinski definition) is 1. The Morgan fingerprint density at radius 3 is 2.67 bits per heavy atom. The van der Waals surface area contributed by atoms with Gasteiger partial charge in [0.05, 0.1) is 20.8 Å². The average molecular weight is 295 g/mol. The van der Waals surface area contributed by atoms with Gasteiger partial charge in [0.2, 0.25) is 0 Å². The van der Waals surface area contributed by atoms with Gasteiger partial charge in [0, 0.05) is 12.5 Å². The minimum absolute atomic E-state index is 0.154. The van der Waals surface area contributed by atoms with Gasteiger partial charge in [-0.1, -0.05) is 13.0 Å². The number of carbonyl (C=O) groups excluding carboxylic acids is 1. The number of esters is 1. The summed E-state index contributed by atoms with van der Waals surface area (Å²) in [5.74, 6) is 1.14.